The van der Waals surface area contributed by atoms with Gasteiger partial charge in [-0.2, -0.15) is 0 Å². The summed E-state index contributed by atoms with van der Waals surface area (Å²) in [5.41, 5.74) is 0.146. The second-order valence-electron chi connectivity index (χ2n) is 5.94. The number of benzene rings is 2. The third-order valence-electron chi connectivity index (χ3n) is 4.04. The van der Waals surface area contributed by atoms with Crippen LogP contribution < -0.4 is 5.32 Å². The normalized spacial score (nSPS) is 15.9. The molecule has 0 aliphatic carbocycles. The van der Waals surface area contributed by atoms with E-state index in [0.717, 1.165) is 23.8 Å². The van der Waals surface area contributed by atoms with Gasteiger partial charge in [0, 0.05) is 17.9 Å². The first kappa shape index (κ1) is 19.6. The molecular formula is C18H16FN3O5S. The van der Waals surface area contributed by atoms with Gasteiger partial charge in [-0.1, -0.05) is 30.3 Å². The number of nitro benzene ring substituents is 1. The number of thioether (sulfide) groups is 1. The van der Waals surface area contributed by atoms with Crippen molar-refractivity contribution in [1.29, 1.82) is 0 Å². The van der Waals surface area contributed by atoms with Crippen LogP contribution in [0.4, 0.5) is 20.6 Å². The standard InChI is InChI=1S/C18H16FN3O5S/c19-14-7-6-13(22(25)26)8-15(14)20-17(23)16-10-28-11-21(16)18(24)27-9-12-4-2-1-3-5-12/h1-8,16H,9-11H2,(H,20,23)/t16-/m1/s1. The average Bonchev–Trinajstić information content (AvgIpc) is 3.18. The fourth-order valence-corrected chi connectivity index (χ4v) is 3.72. The van der Waals surface area contributed by atoms with Crippen molar-refractivity contribution >= 4 is 35.1 Å². The largest absolute Gasteiger partial charge is 0.445 e. The molecule has 1 aliphatic heterocycles. The summed E-state index contributed by atoms with van der Waals surface area (Å²) in [4.78, 5) is 36.3. The molecule has 1 fully saturated rings. The Morgan fingerprint density at radius 1 is 1.29 bits per heavy atom. The van der Waals surface area contributed by atoms with E-state index in [2.05, 4.69) is 5.32 Å². The Morgan fingerprint density at radius 3 is 2.75 bits per heavy atom. The first-order chi connectivity index (χ1) is 13.5. The van der Waals surface area contributed by atoms with E-state index in [-0.39, 0.29) is 23.9 Å². The van der Waals surface area contributed by atoms with Gasteiger partial charge >= 0.3 is 6.09 Å². The summed E-state index contributed by atoms with van der Waals surface area (Å²) in [6.45, 7) is 0.0642. The molecule has 0 unspecified atom stereocenters. The molecule has 0 spiro atoms. The Kier molecular flexibility index (Phi) is 6.09. The zero-order valence-electron chi connectivity index (χ0n) is 14.5. The fraction of sp³-hybridized carbons (Fsp3) is 0.222. The Balaban J connectivity index is 1.65. The zero-order chi connectivity index (χ0) is 20.1. The smallest absolute Gasteiger partial charge is 0.411 e. The number of rotatable bonds is 5. The lowest BCUT2D eigenvalue weighted by Crippen LogP contribution is -2.44. The van der Waals surface area contributed by atoms with Crippen molar-refractivity contribution in [3.05, 3.63) is 70.0 Å². The van der Waals surface area contributed by atoms with Crippen LogP contribution in [0.2, 0.25) is 0 Å². The Labute approximate surface area is 163 Å². The summed E-state index contributed by atoms with van der Waals surface area (Å²) in [7, 11) is 0. The van der Waals surface area contributed by atoms with Crippen LogP contribution in [0.15, 0.2) is 48.5 Å². The van der Waals surface area contributed by atoms with Gasteiger partial charge in [-0.25, -0.2) is 9.18 Å². The minimum atomic E-state index is -0.869. The monoisotopic (exact) mass is 405 g/mol. The van der Waals surface area contributed by atoms with Gasteiger partial charge in [0.2, 0.25) is 5.91 Å². The Bertz CT molecular complexity index is 896. The third-order valence-corrected chi connectivity index (χ3v) is 5.06. The van der Waals surface area contributed by atoms with Gasteiger partial charge in [-0.3, -0.25) is 19.8 Å². The van der Waals surface area contributed by atoms with Crippen molar-refractivity contribution in [2.24, 2.45) is 0 Å². The number of carbonyl (C=O) groups excluding carboxylic acids is 2. The molecule has 0 bridgehead atoms. The molecule has 1 atom stereocenters. The molecule has 2 aromatic carbocycles. The minimum absolute atomic E-state index is 0.0642. The van der Waals surface area contributed by atoms with Gasteiger partial charge in [-0.05, 0) is 11.6 Å². The number of hydrogen-bond donors (Lipinski definition) is 1. The number of halogens is 1. The lowest BCUT2D eigenvalue weighted by molar-refractivity contribution is -0.384. The highest BCUT2D eigenvalue weighted by Crippen LogP contribution is 2.25. The summed E-state index contributed by atoms with van der Waals surface area (Å²) >= 11 is 1.35. The van der Waals surface area contributed by atoms with Crippen molar-refractivity contribution in [2.75, 3.05) is 16.9 Å². The van der Waals surface area contributed by atoms with Crippen molar-refractivity contribution in [2.45, 2.75) is 12.6 Å². The molecule has 1 heterocycles. The average molecular weight is 405 g/mol. The lowest BCUT2D eigenvalue weighted by Gasteiger charge is -2.22. The number of nitrogens with zero attached hydrogens (tertiary/aromatic N) is 2. The molecular weight excluding hydrogens is 389 g/mol. The molecule has 8 nitrogen and oxygen atoms in total. The van der Waals surface area contributed by atoms with Crippen molar-refractivity contribution < 1.29 is 23.6 Å². The molecule has 0 aromatic heterocycles. The van der Waals surface area contributed by atoms with Crippen LogP contribution in [0.25, 0.3) is 0 Å². The molecule has 3 rings (SSSR count). The van der Waals surface area contributed by atoms with Crippen molar-refractivity contribution in [3.63, 3.8) is 0 Å². The van der Waals surface area contributed by atoms with Crippen LogP contribution in [0, 0.1) is 15.9 Å². The van der Waals surface area contributed by atoms with E-state index in [1.165, 1.54) is 16.7 Å². The molecule has 1 saturated heterocycles. The summed E-state index contributed by atoms with van der Waals surface area (Å²) in [5.74, 6) is -0.879. The van der Waals surface area contributed by atoms with Crippen LogP contribution in [0.3, 0.4) is 0 Å². The molecule has 2 aromatic rings. The van der Waals surface area contributed by atoms with Gasteiger partial charge in [0.1, 0.15) is 18.5 Å². The Morgan fingerprint density at radius 2 is 2.04 bits per heavy atom. The van der Waals surface area contributed by atoms with E-state index >= 15 is 0 Å². The SMILES string of the molecule is O=C(Nc1cc([N+](=O)[O-])ccc1F)[C@H]1CSCN1C(=O)OCc1ccccc1. The van der Waals surface area contributed by atoms with Crippen molar-refractivity contribution in [1.82, 2.24) is 4.90 Å². The van der Waals surface area contributed by atoms with Crippen LogP contribution in [0.1, 0.15) is 5.56 Å². The number of amides is 2. The van der Waals surface area contributed by atoms with Crippen LogP contribution in [0.5, 0.6) is 0 Å². The number of non-ortho nitro benzene ring substituents is 1. The second-order valence-corrected chi connectivity index (χ2v) is 6.94. The maximum Gasteiger partial charge on any atom is 0.411 e. The molecule has 1 N–H and O–H groups in total. The highest BCUT2D eigenvalue weighted by atomic mass is 32.2. The number of nitro groups is 1. The van der Waals surface area contributed by atoms with E-state index in [4.69, 9.17) is 4.74 Å². The van der Waals surface area contributed by atoms with Gasteiger partial charge < -0.3 is 10.1 Å². The predicted octanol–water partition coefficient (Wildman–Crippen LogP) is 3.38. The molecule has 1 aliphatic rings. The van der Waals surface area contributed by atoms with Gasteiger partial charge in [0.05, 0.1) is 16.5 Å². The van der Waals surface area contributed by atoms with E-state index in [0.29, 0.717) is 5.75 Å². The second kappa shape index (κ2) is 8.70. The van der Waals surface area contributed by atoms with Crippen LogP contribution in [-0.2, 0) is 16.1 Å². The number of ether oxygens (including phenoxy) is 1. The van der Waals surface area contributed by atoms with E-state index < -0.39 is 28.8 Å². The summed E-state index contributed by atoms with van der Waals surface area (Å²) in [5, 5.41) is 13.2. The maximum atomic E-state index is 13.9. The molecule has 2 amide bonds. The number of anilines is 1. The molecule has 28 heavy (non-hydrogen) atoms. The Hall–Kier alpha value is -3.14. The summed E-state index contributed by atoms with van der Waals surface area (Å²) in [6, 6.07) is 11.1. The number of carbonyl (C=O) groups is 2. The highest BCUT2D eigenvalue weighted by Gasteiger charge is 2.36. The number of nitrogens with one attached hydrogen (secondary N) is 1. The topological polar surface area (TPSA) is 102 Å². The van der Waals surface area contributed by atoms with Crippen LogP contribution >= 0.6 is 11.8 Å². The predicted molar refractivity (Wildman–Crippen MR) is 101 cm³/mol. The summed E-state index contributed by atoms with van der Waals surface area (Å²) in [6.07, 6.45) is -0.659. The molecule has 146 valence electrons. The zero-order valence-corrected chi connectivity index (χ0v) is 15.4. The number of hydrogen-bond acceptors (Lipinski definition) is 6. The van der Waals surface area contributed by atoms with Gasteiger partial charge in [0.25, 0.3) is 5.69 Å². The van der Waals surface area contributed by atoms with E-state index in [1.54, 1.807) is 12.1 Å². The van der Waals surface area contributed by atoms with Gasteiger partial charge in [0.15, 0.2) is 0 Å². The van der Waals surface area contributed by atoms with Gasteiger partial charge in [-0.15, -0.1) is 11.8 Å². The third kappa shape index (κ3) is 4.58. The molecule has 10 heteroatoms. The molecule has 0 radical (unpaired) electrons. The van der Waals surface area contributed by atoms with Crippen molar-refractivity contribution in [3.8, 4) is 0 Å². The first-order valence-electron chi connectivity index (χ1n) is 8.25. The molecule has 0 saturated carbocycles. The van der Waals surface area contributed by atoms with E-state index in [1.807, 2.05) is 18.2 Å². The fourth-order valence-electron chi connectivity index (χ4n) is 2.58. The first-order valence-corrected chi connectivity index (χ1v) is 9.41. The van der Waals surface area contributed by atoms with Crippen LogP contribution in [-0.4, -0.2) is 39.5 Å². The quantitative estimate of drug-likeness (QED) is 0.604. The lowest BCUT2D eigenvalue weighted by atomic mass is 10.2. The van der Waals surface area contributed by atoms with E-state index in [9.17, 15) is 24.1 Å². The maximum absolute atomic E-state index is 13.9. The highest BCUT2D eigenvalue weighted by molar-refractivity contribution is 7.99. The minimum Gasteiger partial charge on any atom is -0.445 e. The summed E-state index contributed by atoms with van der Waals surface area (Å²) < 4.78 is 19.1.